The fourth-order valence-electron chi connectivity index (χ4n) is 4.77. The highest BCUT2D eigenvalue weighted by molar-refractivity contribution is 5.94. The number of rotatable bonds is 7. The average Bonchev–Trinajstić information content (AvgIpc) is 3.62. The molecule has 2 aliphatic rings. The van der Waals surface area contributed by atoms with E-state index in [1.807, 2.05) is 13.0 Å². The number of aryl methyl sites for hydroxylation is 1. The van der Waals surface area contributed by atoms with E-state index in [2.05, 4.69) is 11.6 Å². The van der Waals surface area contributed by atoms with Crippen molar-refractivity contribution in [1.82, 2.24) is 14.0 Å². The number of pyridine rings is 2. The predicted octanol–water partition coefficient (Wildman–Crippen LogP) is 3.09. The van der Waals surface area contributed by atoms with Gasteiger partial charge in [-0.1, -0.05) is 18.7 Å². The molecule has 3 aromatic heterocycles. The second-order valence-corrected chi connectivity index (χ2v) is 9.34. The lowest BCUT2D eigenvalue weighted by Crippen LogP contribution is -2.35. The monoisotopic (exact) mass is 546 g/mol. The van der Waals surface area contributed by atoms with Gasteiger partial charge in [-0.15, -0.1) is 0 Å². The van der Waals surface area contributed by atoms with Crippen molar-refractivity contribution in [3.05, 3.63) is 87.7 Å². The molecule has 2 saturated heterocycles. The average molecular weight is 547 g/mol. The van der Waals surface area contributed by atoms with Crippen LogP contribution in [-0.4, -0.2) is 51.9 Å². The van der Waals surface area contributed by atoms with Gasteiger partial charge in [-0.05, 0) is 56.5 Å². The molecule has 0 aliphatic carbocycles. The molecule has 2 aliphatic heterocycles. The van der Waals surface area contributed by atoms with Crippen LogP contribution in [0.4, 0.5) is 0 Å². The molecule has 0 N–H and O–H groups in total. The van der Waals surface area contributed by atoms with Gasteiger partial charge in [0, 0.05) is 12.8 Å². The summed E-state index contributed by atoms with van der Waals surface area (Å²) in [5.74, 6) is -0.383. The Kier molecular flexibility index (Phi) is 7.92. The van der Waals surface area contributed by atoms with E-state index in [-0.39, 0.29) is 54.5 Å². The Balaban J connectivity index is 1.74. The minimum Gasteiger partial charge on any atom is -0.462 e. The molecular formula is C29H30N4O7. The summed E-state index contributed by atoms with van der Waals surface area (Å²) < 4.78 is 25.1. The van der Waals surface area contributed by atoms with Crippen LogP contribution in [0.3, 0.4) is 0 Å². The van der Waals surface area contributed by atoms with E-state index >= 15 is 0 Å². The maximum absolute atomic E-state index is 13.6. The van der Waals surface area contributed by atoms with Crippen molar-refractivity contribution in [2.24, 2.45) is 4.99 Å². The number of carbonyl (C=O) groups excluding carboxylic acids is 2. The molecule has 5 heterocycles. The van der Waals surface area contributed by atoms with Crippen molar-refractivity contribution >= 4 is 28.6 Å². The molecule has 1 atom stereocenters. The second-order valence-electron chi connectivity index (χ2n) is 9.34. The van der Waals surface area contributed by atoms with Gasteiger partial charge in [0.25, 0.3) is 11.5 Å². The minimum absolute atomic E-state index is 0.00690. The zero-order valence-corrected chi connectivity index (χ0v) is 22.4. The van der Waals surface area contributed by atoms with Gasteiger partial charge in [-0.25, -0.2) is 9.78 Å². The quantitative estimate of drug-likeness (QED) is 0.327. The smallest absolute Gasteiger partial charge is 0.341 e. The van der Waals surface area contributed by atoms with Crippen LogP contribution >= 0.6 is 0 Å². The lowest BCUT2D eigenvalue weighted by atomic mass is 10.1. The van der Waals surface area contributed by atoms with Crippen molar-refractivity contribution in [3.63, 3.8) is 0 Å². The topological polar surface area (TPSA) is 123 Å². The van der Waals surface area contributed by atoms with Gasteiger partial charge in [0.15, 0.2) is 17.0 Å². The van der Waals surface area contributed by atoms with Crippen LogP contribution in [-0.2, 0) is 30.3 Å². The fourth-order valence-corrected chi connectivity index (χ4v) is 4.77. The van der Waals surface area contributed by atoms with Crippen molar-refractivity contribution in [2.45, 2.75) is 45.8 Å². The van der Waals surface area contributed by atoms with E-state index in [1.54, 1.807) is 42.0 Å². The number of hydrogen-bond donors (Lipinski definition) is 0. The van der Waals surface area contributed by atoms with Crippen LogP contribution in [0.1, 0.15) is 42.1 Å². The third kappa shape index (κ3) is 5.32. The van der Waals surface area contributed by atoms with E-state index in [1.165, 1.54) is 10.5 Å². The van der Waals surface area contributed by atoms with Gasteiger partial charge in [0.1, 0.15) is 16.9 Å². The van der Waals surface area contributed by atoms with E-state index < -0.39 is 11.9 Å². The lowest BCUT2D eigenvalue weighted by molar-refractivity contribution is -0.117. The molecule has 0 aromatic carbocycles. The van der Waals surface area contributed by atoms with Gasteiger partial charge in [0.2, 0.25) is 6.79 Å². The van der Waals surface area contributed by atoms with Crippen molar-refractivity contribution in [2.75, 3.05) is 20.0 Å². The number of amides is 1. The molecule has 5 rings (SSSR count). The molecule has 3 aromatic rings. The Hall–Kier alpha value is -4.51. The number of aromatic nitrogens is 3. The summed E-state index contributed by atoms with van der Waals surface area (Å²) in [6, 6.07) is 5.03. The molecule has 11 heteroatoms. The first-order valence-electron chi connectivity index (χ1n) is 13.1. The molecule has 1 amide bonds. The number of hydrogen-bond acceptors (Lipinski definition) is 8. The zero-order chi connectivity index (χ0) is 28.2. The minimum atomic E-state index is -0.701. The van der Waals surface area contributed by atoms with Crippen LogP contribution in [0.5, 0.6) is 0 Å². The molecule has 2 fully saturated rings. The summed E-state index contributed by atoms with van der Waals surface area (Å²) >= 11 is 0. The van der Waals surface area contributed by atoms with Crippen LogP contribution in [0.25, 0.3) is 16.7 Å². The molecule has 40 heavy (non-hydrogen) atoms. The predicted molar refractivity (Wildman–Crippen MR) is 145 cm³/mol. The first-order valence-corrected chi connectivity index (χ1v) is 13.1. The SMILES string of the molecule is C=C/C=C1\OCO\C1=C\CC(=O)N=c1c(C(=O)OCC)cc2c(=O)n3cccc(C)c3nc2n1CC1CCCO1. The Morgan fingerprint density at radius 2 is 2.10 bits per heavy atom. The summed E-state index contributed by atoms with van der Waals surface area (Å²) in [5.41, 5.74) is 1.26. The Morgan fingerprint density at radius 3 is 2.85 bits per heavy atom. The zero-order valence-electron chi connectivity index (χ0n) is 22.4. The normalized spacial score (nSPS) is 19.4. The van der Waals surface area contributed by atoms with Crippen LogP contribution in [0.2, 0.25) is 0 Å². The first kappa shape index (κ1) is 27.1. The summed E-state index contributed by atoms with van der Waals surface area (Å²) in [5, 5.41) is 0.202. The highest BCUT2D eigenvalue weighted by Crippen LogP contribution is 2.22. The number of esters is 1. The summed E-state index contributed by atoms with van der Waals surface area (Å²) in [7, 11) is 0. The first-order chi connectivity index (χ1) is 19.4. The van der Waals surface area contributed by atoms with Crippen molar-refractivity contribution in [1.29, 1.82) is 0 Å². The maximum atomic E-state index is 13.6. The molecule has 0 saturated carbocycles. The Morgan fingerprint density at radius 1 is 1.27 bits per heavy atom. The lowest BCUT2D eigenvalue weighted by Gasteiger charge is -2.18. The van der Waals surface area contributed by atoms with Crippen molar-refractivity contribution in [3.8, 4) is 0 Å². The van der Waals surface area contributed by atoms with E-state index in [0.717, 1.165) is 18.4 Å². The van der Waals surface area contributed by atoms with Gasteiger partial charge in [-0.3, -0.25) is 14.0 Å². The Bertz CT molecular complexity index is 1690. The number of nitrogens with zero attached hydrogens (tertiary/aromatic N) is 4. The standard InChI is InChI=1S/C29H30N4O7/c1-4-8-22-23(40-17-39-22)11-12-24(34)30-27-21(29(36)37-5-2)15-20-26(33(27)16-19-10-7-14-38-19)31-25-18(3)9-6-13-32(25)28(20)35/h4,6,8-9,11,13,15,19H,1,5,7,10,12,14,16-17H2,2-3H3/b22-8-,23-11+,30-27?. The molecule has 0 spiro atoms. The molecule has 1 unspecified atom stereocenters. The third-order valence-corrected chi connectivity index (χ3v) is 6.64. The second kappa shape index (κ2) is 11.7. The largest absolute Gasteiger partial charge is 0.462 e. The molecular weight excluding hydrogens is 516 g/mol. The van der Waals surface area contributed by atoms with Gasteiger partial charge >= 0.3 is 5.97 Å². The van der Waals surface area contributed by atoms with Crippen LogP contribution in [0.15, 0.2) is 70.5 Å². The summed E-state index contributed by atoms with van der Waals surface area (Å²) in [6.45, 7) is 8.16. The molecule has 0 radical (unpaired) electrons. The summed E-state index contributed by atoms with van der Waals surface area (Å²) in [4.78, 5) is 49.1. The maximum Gasteiger partial charge on any atom is 0.341 e. The summed E-state index contributed by atoms with van der Waals surface area (Å²) in [6.07, 6.45) is 7.70. The van der Waals surface area contributed by atoms with Crippen LogP contribution < -0.4 is 11.0 Å². The highest BCUT2D eigenvalue weighted by atomic mass is 16.7. The fraction of sp³-hybridized carbons (Fsp3) is 0.345. The third-order valence-electron chi connectivity index (χ3n) is 6.64. The van der Waals surface area contributed by atoms with Gasteiger partial charge in [-0.2, -0.15) is 4.99 Å². The van der Waals surface area contributed by atoms with Crippen molar-refractivity contribution < 1.29 is 28.5 Å². The highest BCUT2D eigenvalue weighted by Gasteiger charge is 2.24. The number of allylic oxidation sites excluding steroid dienone is 2. The Labute approximate surface area is 229 Å². The van der Waals surface area contributed by atoms with E-state index in [0.29, 0.717) is 29.4 Å². The molecule has 11 nitrogen and oxygen atoms in total. The van der Waals surface area contributed by atoms with Gasteiger partial charge in [0.05, 0.1) is 31.1 Å². The van der Waals surface area contributed by atoms with E-state index in [4.69, 9.17) is 23.9 Å². The van der Waals surface area contributed by atoms with Gasteiger partial charge < -0.3 is 23.5 Å². The van der Waals surface area contributed by atoms with Crippen LogP contribution in [0, 0.1) is 6.92 Å². The number of ether oxygens (including phenoxy) is 4. The molecule has 208 valence electrons. The molecule has 0 bridgehead atoms. The van der Waals surface area contributed by atoms with E-state index in [9.17, 15) is 14.4 Å². The number of fused-ring (bicyclic) bond motifs is 2. The number of carbonyl (C=O) groups is 2.